The Morgan fingerprint density at radius 1 is 1.56 bits per heavy atom. The average molecular weight is 231 g/mol. The third kappa shape index (κ3) is 4.14. The first-order valence-electron chi connectivity index (χ1n) is 5.40. The predicted molar refractivity (Wildman–Crippen MR) is 55.5 cm³/mol. The molecule has 6 heteroatoms. The minimum absolute atomic E-state index is 0.127. The first-order valence-corrected chi connectivity index (χ1v) is 5.40. The summed E-state index contributed by atoms with van der Waals surface area (Å²) in [6.07, 6.45) is 1.70. The van der Waals surface area contributed by atoms with Crippen molar-refractivity contribution >= 4 is 5.97 Å². The highest BCUT2D eigenvalue weighted by Crippen LogP contribution is 2.26. The highest BCUT2D eigenvalue weighted by Gasteiger charge is 2.30. The maximum atomic E-state index is 11.2. The second-order valence-corrected chi connectivity index (χ2v) is 4.01. The van der Waals surface area contributed by atoms with Crippen molar-refractivity contribution in [2.45, 2.75) is 19.3 Å². The number of nitro groups is 1. The Morgan fingerprint density at radius 2 is 2.19 bits per heavy atom. The van der Waals surface area contributed by atoms with Gasteiger partial charge in [-0.1, -0.05) is 0 Å². The highest BCUT2D eigenvalue weighted by atomic mass is 16.6. The molecule has 1 atom stereocenters. The molecule has 0 aromatic rings. The molecule has 0 spiro atoms. The Kier molecular flexibility index (Phi) is 5.18. The van der Waals surface area contributed by atoms with Gasteiger partial charge in [-0.25, -0.2) is 0 Å². The topological polar surface area (TPSA) is 78.7 Å². The number of hydrogen-bond acceptors (Lipinski definition) is 5. The predicted octanol–water partition coefficient (Wildman–Crippen LogP) is 0.869. The van der Waals surface area contributed by atoms with Crippen LogP contribution in [0.15, 0.2) is 0 Å². The van der Waals surface area contributed by atoms with Crippen molar-refractivity contribution in [3.63, 3.8) is 0 Å². The Labute approximate surface area is 94.1 Å². The summed E-state index contributed by atoms with van der Waals surface area (Å²) in [6.45, 7) is 1.08. The van der Waals surface area contributed by atoms with Crippen molar-refractivity contribution in [2.75, 3.05) is 26.9 Å². The maximum absolute atomic E-state index is 11.2. The number of esters is 1. The van der Waals surface area contributed by atoms with E-state index in [4.69, 9.17) is 4.74 Å². The summed E-state index contributed by atoms with van der Waals surface area (Å²) in [5.74, 6) is -0.414. The van der Waals surface area contributed by atoms with Crippen LogP contribution in [0.1, 0.15) is 19.3 Å². The molecule has 1 aliphatic heterocycles. The molecule has 1 saturated heterocycles. The zero-order chi connectivity index (χ0) is 12.0. The monoisotopic (exact) mass is 231 g/mol. The molecule has 0 bridgehead atoms. The van der Waals surface area contributed by atoms with Gasteiger partial charge in [-0.15, -0.1) is 0 Å². The fraction of sp³-hybridized carbons (Fsp3) is 0.900. The zero-order valence-electron chi connectivity index (χ0n) is 9.39. The molecule has 1 fully saturated rings. The SMILES string of the molecule is COC(=O)CC(C[N+](=O)[O-])C1CCOCC1. The molecule has 92 valence electrons. The van der Waals surface area contributed by atoms with Crippen LogP contribution in [-0.2, 0) is 14.3 Å². The fourth-order valence-corrected chi connectivity index (χ4v) is 2.06. The number of methoxy groups -OCH3 is 1. The van der Waals surface area contributed by atoms with Gasteiger partial charge in [0.05, 0.1) is 13.5 Å². The Hall–Kier alpha value is -1.17. The van der Waals surface area contributed by atoms with Gasteiger partial charge in [0, 0.05) is 24.1 Å². The van der Waals surface area contributed by atoms with Crippen LogP contribution >= 0.6 is 0 Å². The van der Waals surface area contributed by atoms with Crippen molar-refractivity contribution in [2.24, 2.45) is 11.8 Å². The smallest absolute Gasteiger partial charge is 0.306 e. The molecule has 1 heterocycles. The second kappa shape index (κ2) is 6.42. The van der Waals surface area contributed by atoms with Gasteiger partial charge in [0.25, 0.3) is 0 Å². The summed E-state index contributed by atoms with van der Waals surface area (Å²) in [4.78, 5) is 21.4. The zero-order valence-corrected chi connectivity index (χ0v) is 9.39. The van der Waals surface area contributed by atoms with Gasteiger partial charge in [-0.05, 0) is 18.8 Å². The lowest BCUT2D eigenvalue weighted by Gasteiger charge is -2.27. The third-order valence-corrected chi connectivity index (χ3v) is 2.97. The van der Waals surface area contributed by atoms with Crippen LogP contribution in [0.4, 0.5) is 0 Å². The first kappa shape index (κ1) is 12.9. The minimum Gasteiger partial charge on any atom is -0.469 e. The number of hydrogen-bond donors (Lipinski definition) is 0. The van der Waals surface area contributed by atoms with Crippen LogP contribution in [0, 0.1) is 22.0 Å². The van der Waals surface area contributed by atoms with Crippen molar-refractivity contribution in [1.82, 2.24) is 0 Å². The molecule has 1 rings (SSSR count). The van der Waals surface area contributed by atoms with E-state index in [0.717, 1.165) is 12.8 Å². The molecule has 0 aromatic carbocycles. The molecule has 1 aliphatic rings. The van der Waals surface area contributed by atoms with E-state index in [0.29, 0.717) is 13.2 Å². The van der Waals surface area contributed by atoms with Crippen LogP contribution < -0.4 is 0 Å². The van der Waals surface area contributed by atoms with Crippen LogP contribution in [0.3, 0.4) is 0 Å². The first-order chi connectivity index (χ1) is 7.63. The molecule has 0 aliphatic carbocycles. The normalized spacial score (nSPS) is 19.1. The molecule has 0 radical (unpaired) electrons. The minimum atomic E-state index is -0.377. The van der Waals surface area contributed by atoms with E-state index < -0.39 is 0 Å². The molecular formula is C10H17NO5. The lowest BCUT2D eigenvalue weighted by atomic mass is 9.84. The van der Waals surface area contributed by atoms with Crippen LogP contribution in [0.2, 0.25) is 0 Å². The Balaban J connectivity index is 2.53. The fourth-order valence-electron chi connectivity index (χ4n) is 2.06. The molecular weight excluding hydrogens is 214 g/mol. The Bertz CT molecular complexity index is 250. The van der Waals surface area contributed by atoms with E-state index in [1.807, 2.05) is 0 Å². The average Bonchev–Trinajstić information content (AvgIpc) is 2.28. The quantitative estimate of drug-likeness (QED) is 0.398. The summed E-state index contributed by atoms with van der Waals surface area (Å²) >= 11 is 0. The summed E-state index contributed by atoms with van der Waals surface area (Å²) in [5, 5.41) is 10.5. The lowest BCUT2D eigenvalue weighted by Crippen LogP contribution is -2.30. The third-order valence-electron chi connectivity index (χ3n) is 2.97. The summed E-state index contributed by atoms with van der Waals surface area (Å²) < 4.78 is 9.76. The van der Waals surface area contributed by atoms with E-state index in [1.54, 1.807) is 0 Å². The van der Waals surface area contributed by atoms with E-state index in [2.05, 4.69) is 4.74 Å². The molecule has 0 aromatic heterocycles. The van der Waals surface area contributed by atoms with Crippen molar-refractivity contribution in [3.8, 4) is 0 Å². The van der Waals surface area contributed by atoms with E-state index in [-0.39, 0.29) is 35.7 Å². The van der Waals surface area contributed by atoms with E-state index >= 15 is 0 Å². The van der Waals surface area contributed by atoms with Gasteiger partial charge in [-0.3, -0.25) is 14.9 Å². The summed E-state index contributed by atoms with van der Waals surface area (Å²) in [5.41, 5.74) is 0. The molecule has 0 N–H and O–H groups in total. The molecule has 0 saturated carbocycles. The van der Waals surface area contributed by atoms with Crippen molar-refractivity contribution < 1.29 is 19.2 Å². The largest absolute Gasteiger partial charge is 0.469 e. The molecule has 6 nitrogen and oxygen atoms in total. The molecule has 16 heavy (non-hydrogen) atoms. The Morgan fingerprint density at radius 3 is 2.69 bits per heavy atom. The number of carbonyl (C=O) groups is 1. The summed E-state index contributed by atoms with van der Waals surface area (Å²) in [7, 11) is 1.30. The van der Waals surface area contributed by atoms with Gasteiger partial charge in [-0.2, -0.15) is 0 Å². The lowest BCUT2D eigenvalue weighted by molar-refractivity contribution is -0.490. The number of nitrogens with zero attached hydrogens (tertiary/aromatic N) is 1. The van der Waals surface area contributed by atoms with Gasteiger partial charge in [0.1, 0.15) is 0 Å². The highest BCUT2D eigenvalue weighted by molar-refractivity contribution is 5.69. The van der Waals surface area contributed by atoms with Crippen molar-refractivity contribution in [1.29, 1.82) is 0 Å². The summed E-state index contributed by atoms with van der Waals surface area (Å²) in [6, 6.07) is 0. The molecule has 0 amide bonds. The second-order valence-electron chi connectivity index (χ2n) is 4.01. The van der Waals surface area contributed by atoms with E-state index in [1.165, 1.54) is 7.11 Å². The maximum Gasteiger partial charge on any atom is 0.306 e. The molecule has 1 unspecified atom stereocenters. The van der Waals surface area contributed by atoms with Gasteiger partial charge >= 0.3 is 5.97 Å². The number of rotatable bonds is 5. The van der Waals surface area contributed by atoms with Gasteiger partial charge in [0.15, 0.2) is 0 Å². The number of ether oxygens (including phenoxy) is 2. The number of carbonyl (C=O) groups excluding carboxylic acids is 1. The van der Waals surface area contributed by atoms with Gasteiger partial charge < -0.3 is 9.47 Å². The standard InChI is InChI=1S/C10H17NO5/c1-15-10(12)6-9(7-11(13)14)8-2-4-16-5-3-8/h8-9H,2-7H2,1H3. The van der Waals surface area contributed by atoms with Crippen LogP contribution in [0.25, 0.3) is 0 Å². The van der Waals surface area contributed by atoms with Crippen molar-refractivity contribution in [3.05, 3.63) is 10.1 Å². The van der Waals surface area contributed by atoms with E-state index in [9.17, 15) is 14.9 Å². The van der Waals surface area contributed by atoms with Crippen LogP contribution in [0.5, 0.6) is 0 Å². The van der Waals surface area contributed by atoms with Crippen LogP contribution in [-0.4, -0.2) is 37.8 Å². The van der Waals surface area contributed by atoms with Gasteiger partial charge in [0.2, 0.25) is 6.54 Å².